The summed E-state index contributed by atoms with van der Waals surface area (Å²) in [7, 11) is 1.56. The molecule has 0 aromatic heterocycles. The molecule has 1 saturated heterocycles. The third kappa shape index (κ3) is 4.03. The van der Waals surface area contributed by atoms with Crippen LogP contribution in [0.3, 0.4) is 0 Å². The minimum atomic E-state index is -1.05. The van der Waals surface area contributed by atoms with E-state index in [1.807, 2.05) is 12.1 Å². The van der Waals surface area contributed by atoms with Crippen LogP contribution in [0.1, 0.15) is 69.1 Å². The number of amides is 3. The lowest BCUT2D eigenvalue weighted by atomic mass is 9.91. The third-order valence-electron chi connectivity index (χ3n) is 7.49. The minimum Gasteiger partial charge on any atom is -0.481 e. The standard InChI is InChI=1S/C25H31N3O5/c1-25(2)23(31)28(24(32)27(25)3)11-10-17(22(29)30)14-21(26-33)16-8-9-20-18(13-16)12-15-6-4-5-7-19(15)20/h8-9,13,17,33H,4-7,10-12,14H2,1-3H3,(H,29,30)/b26-21-. The molecular formula is C25H31N3O5. The van der Waals surface area contributed by atoms with Crippen LogP contribution in [0.15, 0.2) is 28.9 Å². The van der Waals surface area contributed by atoms with E-state index < -0.39 is 23.5 Å². The summed E-state index contributed by atoms with van der Waals surface area (Å²) >= 11 is 0. The first-order chi connectivity index (χ1) is 15.6. The van der Waals surface area contributed by atoms with Gasteiger partial charge in [0, 0.05) is 20.0 Å². The first-order valence-electron chi connectivity index (χ1n) is 11.5. The van der Waals surface area contributed by atoms with E-state index in [2.05, 4.69) is 11.2 Å². The van der Waals surface area contributed by atoms with Crippen LogP contribution in [-0.2, 0) is 16.0 Å². The number of carboxylic acids is 1. The fourth-order valence-electron chi connectivity index (χ4n) is 5.16. The van der Waals surface area contributed by atoms with Gasteiger partial charge in [-0.1, -0.05) is 22.9 Å². The number of fused-ring (bicyclic) bond motifs is 2. The number of likely N-dealkylation sites (N-methyl/N-ethyl adjacent to an activating group) is 1. The normalized spacial score (nSPS) is 20.9. The highest BCUT2D eigenvalue weighted by Crippen LogP contribution is 2.41. The molecule has 0 saturated carbocycles. The minimum absolute atomic E-state index is 0.00192. The summed E-state index contributed by atoms with van der Waals surface area (Å²) in [5, 5.41) is 22.9. The lowest BCUT2D eigenvalue weighted by Gasteiger charge is -2.22. The SMILES string of the molecule is CN1C(=O)N(CCC(C/C(=N/O)c2ccc3c(c2)CC2=C3CCCC2)C(=O)O)C(=O)C1(C)C. The number of urea groups is 1. The Balaban J connectivity index is 1.47. The van der Waals surface area contributed by atoms with Gasteiger partial charge in [-0.15, -0.1) is 0 Å². The van der Waals surface area contributed by atoms with Crippen molar-refractivity contribution >= 4 is 29.2 Å². The molecule has 1 aliphatic heterocycles. The van der Waals surface area contributed by atoms with Gasteiger partial charge < -0.3 is 15.2 Å². The van der Waals surface area contributed by atoms with E-state index >= 15 is 0 Å². The quantitative estimate of drug-likeness (QED) is 0.282. The van der Waals surface area contributed by atoms with Crippen LogP contribution in [0.2, 0.25) is 0 Å². The highest BCUT2D eigenvalue weighted by atomic mass is 16.4. The number of imide groups is 1. The number of allylic oxidation sites excluding steroid dienone is 2. The second kappa shape index (κ2) is 8.65. The first-order valence-corrected chi connectivity index (χ1v) is 11.5. The maximum Gasteiger partial charge on any atom is 0.327 e. The van der Waals surface area contributed by atoms with Gasteiger partial charge in [-0.25, -0.2) is 4.79 Å². The second-order valence-corrected chi connectivity index (χ2v) is 9.77. The van der Waals surface area contributed by atoms with Gasteiger partial charge in [-0.05, 0) is 80.7 Å². The Morgan fingerprint density at radius 1 is 1.21 bits per heavy atom. The highest BCUT2D eigenvalue weighted by Gasteiger charge is 2.49. The molecule has 8 heteroatoms. The number of aliphatic carboxylic acids is 1. The van der Waals surface area contributed by atoms with Crippen LogP contribution in [0, 0.1) is 5.92 Å². The van der Waals surface area contributed by atoms with Crippen LogP contribution in [-0.4, -0.2) is 62.9 Å². The Morgan fingerprint density at radius 2 is 1.94 bits per heavy atom. The van der Waals surface area contributed by atoms with Crippen LogP contribution >= 0.6 is 0 Å². The number of hydrogen-bond acceptors (Lipinski definition) is 5. The molecule has 3 amide bonds. The first kappa shape index (κ1) is 23.0. The molecule has 4 rings (SSSR count). The molecule has 176 valence electrons. The smallest absolute Gasteiger partial charge is 0.327 e. The maximum absolute atomic E-state index is 12.6. The fraction of sp³-hybridized carbons (Fsp3) is 0.520. The Labute approximate surface area is 193 Å². The van der Waals surface area contributed by atoms with Crippen molar-refractivity contribution in [2.75, 3.05) is 13.6 Å². The highest BCUT2D eigenvalue weighted by molar-refractivity contribution is 6.06. The average Bonchev–Trinajstić information content (AvgIpc) is 3.23. The van der Waals surface area contributed by atoms with E-state index in [1.165, 1.54) is 40.0 Å². The van der Waals surface area contributed by atoms with Crippen molar-refractivity contribution in [2.24, 2.45) is 11.1 Å². The molecule has 1 aromatic carbocycles. The third-order valence-corrected chi connectivity index (χ3v) is 7.49. The van der Waals surface area contributed by atoms with Gasteiger partial charge in [-0.2, -0.15) is 0 Å². The summed E-state index contributed by atoms with van der Waals surface area (Å²) in [6.45, 7) is 3.33. The average molecular weight is 454 g/mol. The number of hydrogen-bond donors (Lipinski definition) is 2. The largest absolute Gasteiger partial charge is 0.481 e. The molecule has 1 aromatic rings. The number of oxime groups is 1. The number of carboxylic acid groups (broad SMARTS) is 1. The number of benzene rings is 1. The van der Waals surface area contributed by atoms with E-state index in [1.54, 1.807) is 20.9 Å². The van der Waals surface area contributed by atoms with E-state index in [9.17, 15) is 24.7 Å². The Bertz CT molecular complexity index is 1070. The number of nitrogens with zero attached hydrogens (tertiary/aromatic N) is 3. The summed E-state index contributed by atoms with van der Waals surface area (Å²) < 4.78 is 0. The Hall–Kier alpha value is -3.16. The molecule has 1 atom stereocenters. The number of carbonyl (C=O) groups is 3. The van der Waals surface area contributed by atoms with Crippen molar-refractivity contribution in [3.8, 4) is 0 Å². The van der Waals surface area contributed by atoms with Gasteiger partial charge in [0.2, 0.25) is 0 Å². The Morgan fingerprint density at radius 3 is 2.58 bits per heavy atom. The molecule has 0 radical (unpaired) electrons. The molecule has 2 aliphatic carbocycles. The number of rotatable bonds is 7. The van der Waals surface area contributed by atoms with Gasteiger partial charge in [0.15, 0.2) is 0 Å². The number of carbonyl (C=O) groups excluding carboxylic acids is 2. The summed E-state index contributed by atoms with van der Waals surface area (Å²) in [6, 6.07) is 5.52. The van der Waals surface area contributed by atoms with Gasteiger partial charge in [0.05, 0.1) is 11.6 Å². The van der Waals surface area contributed by atoms with Gasteiger partial charge >= 0.3 is 12.0 Å². The molecular weight excluding hydrogens is 422 g/mol. The van der Waals surface area contributed by atoms with Crippen LogP contribution < -0.4 is 0 Å². The molecule has 0 spiro atoms. The second-order valence-electron chi connectivity index (χ2n) is 9.77. The molecule has 0 bridgehead atoms. The molecule has 33 heavy (non-hydrogen) atoms. The molecule has 1 fully saturated rings. The summed E-state index contributed by atoms with van der Waals surface area (Å²) in [4.78, 5) is 39.5. The summed E-state index contributed by atoms with van der Waals surface area (Å²) in [6.07, 6.45) is 5.65. The summed E-state index contributed by atoms with van der Waals surface area (Å²) in [5.41, 5.74) is 5.45. The molecule has 2 N–H and O–H groups in total. The van der Waals surface area contributed by atoms with Gasteiger partial charge in [0.25, 0.3) is 5.91 Å². The Kier molecular flexibility index (Phi) is 6.03. The molecule has 3 aliphatic rings. The van der Waals surface area contributed by atoms with Crippen LogP contribution in [0.4, 0.5) is 4.79 Å². The van der Waals surface area contributed by atoms with Crippen molar-refractivity contribution in [3.63, 3.8) is 0 Å². The predicted octanol–water partition coefficient (Wildman–Crippen LogP) is 3.90. The van der Waals surface area contributed by atoms with E-state index in [4.69, 9.17) is 0 Å². The van der Waals surface area contributed by atoms with E-state index in [-0.39, 0.29) is 25.3 Å². The van der Waals surface area contributed by atoms with Crippen LogP contribution in [0.25, 0.3) is 5.57 Å². The van der Waals surface area contributed by atoms with Crippen LogP contribution in [0.5, 0.6) is 0 Å². The van der Waals surface area contributed by atoms with Gasteiger partial charge in [0.1, 0.15) is 5.54 Å². The van der Waals surface area contributed by atoms with Crippen molar-refractivity contribution in [3.05, 3.63) is 40.5 Å². The van der Waals surface area contributed by atoms with Gasteiger partial charge in [-0.3, -0.25) is 14.5 Å². The van der Waals surface area contributed by atoms with Crippen molar-refractivity contribution in [2.45, 2.75) is 64.3 Å². The lowest BCUT2D eigenvalue weighted by molar-refractivity contribution is -0.142. The zero-order chi connectivity index (χ0) is 23.9. The topological polar surface area (TPSA) is 111 Å². The summed E-state index contributed by atoms with van der Waals surface area (Å²) in [5.74, 6) is -2.29. The van der Waals surface area contributed by atoms with Crippen molar-refractivity contribution < 1.29 is 24.7 Å². The van der Waals surface area contributed by atoms with Crippen molar-refractivity contribution in [1.29, 1.82) is 0 Å². The van der Waals surface area contributed by atoms with Crippen molar-refractivity contribution in [1.82, 2.24) is 9.80 Å². The maximum atomic E-state index is 12.6. The van der Waals surface area contributed by atoms with E-state index in [0.29, 0.717) is 11.3 Å². The zero-order valence-corrected chi connectivity index (χ0v) is 19.4. The van der Waals surface area contributed by atoms with E-state index in [0.717, 1.165) is 24.2 Å². The molecule has 1 heterocycles. The molecule has 8 nitrogen and oxygen atoms in total. The predicted molar refractivity (Wildman–Crippen MR) is 123 cm³/mol. The lowest BCUT2D eigenvalue weighted by Crippen LogP contribution is -2.41. The zero-order valence-electron chi connectivity index (χ0n) is 19.4. The fourth-order valence-corrected chi connectivity index (χ4v) is 5.16. The molecule has 1 unspecified atom stereocenters. The monoisotopic (exact) mass is 453 g/mol.